The van der Waals surface area contributed by atoms with Gasteiger partial charge in [-0.1, -0.05) is 18.0 Å². The lowest BCUT2D eigenvalue weighted by atomic mass is 10.2. The fourth-order valence-corrected chi connectivity index (χ4v) is 2.62. The van der Waals surface area contributed by atoms with Crippen molar-refractivity contribution in [3.05, 3.63) is 18.2 Å². The van der Waals surface area contributed by atoms with Gasteiger partial charge in [0.05, 0.1) is 14.2 Å². The number of aromatic nitrogens is 2. The second kappa shape index (κ2) is 6.03. The number of rotatable bonds is 5. The predicted octanol–water partition coefficient (Wildman–Crippen LogP) is 3.11. The predicted molar refractivity (Wildman–Crippen MR) is 78.7 cm³/mol. The zero-order chi connectivity index (χ0) is 14.7. The van der Waals surface area contributed by atoms with Crippen molar-refractivity contribution < 1.29 is 14.0 Å². The summed E-state index contributed by atoms with van der Waals surface area (Å²) < 4.78 is 15.8. The van der Waals surface area contributed by atoms with Gasteiger partial charge in [0.2, 0.25) is 5.82 Å². The highest BCUT2D eigenvalue weighted by molar-refractivity contribution is 5.61. The van der Waals surface area contributed by atoms with Gasteiger partial charge in [-0.2, -0.15) is 4.98 Å². The fraction of sp³-hybridized carbons (Fsp3) is 0.467. The Morgan fingerprint density at radius 3 is 2.62 bits per heavy atom. The molecule has 2 aromatic rings. The number of hydrogen-bond acceptors (Lipinski definition) is 6. The first-order chi connectivity index (χ1) is 10.3. The second-order valence-electron chi connectivity index (χ2n) is 5.12. The lowest BCUT2D eigenvalue weighted by Crippen LogP contribution is -2.14. The van der Waals surface area contributed by atoms with Crippen LogP contribution in [0.3, 0.4) is 0 Å². The molecule has 3 rings (SSSR count). The standard InChI is InChI=1S/C15H19N3O3/c1-19-12-8-7-10(9-13(12)20-2)14-17-15(21-18-14)16-11-5-3-4-6-11/h7-9,11H,3-6H2,1-2H3,(H,16,17,18). The van der Waals surface area contributed by atoms with Crippen LogP contribution in [-0.2, 0) is 0 Å². The lowest BCUT2D eigenvalue weighted by Gasteiger charge is -2.08. The maximum absolute atomic E-state index is 5.29. The number of benzene rings is 1. The smallest absolute Gasteiger partial charge is 0.322 e. The number of methoxy groups -OCH3 is 2. The van der Waals surface area contributed by atoms with E-state index >= 15 is 0 Å². The summed E-state index contributed by atoms with van der Waals surface area (Å²) in [5.74, 6) is 1.86. The van der Waals surface area contributed by atoms with Crippen LogP contribution in [0.4, 0.5) is 6.01 Å². The number of nitrogens with one attached hydrogen (secondary N) is 1. The zero-order valence-electron chi connectivity index (χ0n) is 12.3. The van der Waals surface area contributed by atoms with E-state index in [4.69, 9.17) is 14.0 Å². The molecule has 1 aromatic carbocycles. The molecule has 0 unspecified atom stereocenters. The van der Waals surface area contributed by atoms with Crippen LogP contribution in [0, 0.1) is 0 Å². The molecule has 1 saturated carbocycles. The maximum atomic E-state index is 5.29. The van der Waals surface area contributed by atoms with Crippen molar-refractivity contribution in [2.45, 2.75) is 31.7 Å². The molecule has 1 aromatic heterocycles. The molecule has 0 radical (unpaired) electrons. The highest BCUT2D eigenvalue weighted by Crippen LogP contribution is 2.31. The third-order valence-corrected chi connectivity index (χ3v) is 3.75. The zero-order valence-corrected chi connectivity index (χ0v) is 12.3. The second-order valence-corrected chi connectivity index (χ2v) is 5.12. The van der Waals surface area contributed by atoms with Crippen LogP contribution in [0.25, 0.3) is 11.4 Å². The van der Waals surface area contributed by atoms with Crippen LogP contribution in [0.5, 0.6) is 11.5 Å². The normalized spacial score (nSPS) is 15.1. The molecule has 0 atom stereocenters. The van der Waals surface area contributed by atoms with Gasteiger partial charge in [0.25, 0.3) is 0 Å². The van der Waals surface area contributed by atoms with Crippen molar-refractivity contribution in [1.82, 2.24) is 10.1 Å². The maximum Gasteiger partial charge on any atom is 0.322 e. The Kier molecular flexibility index (Phi) is 3.94. The lowest BCUT2D eigenvalue weighted by molar-refractivity contribution is 0.355. The van der Waals surface area contributed by atoms with Crippen LogP contribution in [0.1, 0.15) is 25.7 Å². The monoisotopic (exact) mass is 289 g/mol. The Labute approximate surface area is 123 Å². The van der Waals surface area contributed by atoms with Crippen LogP contribution in [0.2, 0.25) is 0 Å². The Morgan fingerprint density at radius 1 is 1.14 bits per heavy atom. The first-order valence-corrected chi connectivity index (χ1v) is 7.13. The molecular formula is C15H19N3O3. The van der Waals surface area contributed by atoms with Gasteiger partial charge in [-0.15, -0.1) is 0 Å². The number of anilines is 1. The Balaban J connectivity index is 1.78. The van der Waals surface area contributed by atoms with Gasteiger partial charge in [-0.25, -0.2) is 0 Å². The molecule has 0 spiro atoms. The summed E-state index contributed by atoms with van der Waals surface area (Å²) in [5.41, 5.74) is 0.830. The van der Waals surface area contributed by atoms with E-state index in [0.29, 0.717) is 29.4 Å². The number of hydrogen-bond donors (Lipinski definition) is 1. The third-order valence-electron chi connectivity index (χ3n) is 3.75. The molecule has 1 N–H and O–H groups in total. The minimum atomic E-state index is 0.448. The fourth-order valence-electron chi connectivity index (χ4n) is 2.62. The van der Waals surface area contributed by atoms with Crippen molar-refractivity contribution in [2.24, 2.45) is 0 Å². The van der Waals surface area contributed by atoms with E-state index in [0.717, 1.165) is 18.4 Å². The van der Waals surface area contributed by atoms with E-state index in [1.54, 1.807) is 14.2 Å². The highest BCUT2D eigenvalue weighted by Gasteiger charge is 2.18. The average molecular weight is 289 g/mol. The van der Waals surface area contributed by atoms with Crippen molar-refractivity contribution in [1.29, 1.82) is 0 Å². The van der Waals surface area contributed by atoms with E-state index in [9.17, 15) is 0 Å². The quantitative estimate of drug-likeness (QED) is 0.912. The van der Waals surface area contributed by atoms with Crippen molar-refractivity contribution in [2.75, 3.05) is 19.5 Å². The molecule has 0 amide bonds. The molecule has 0 bridgehead atoms. The minimum Gasteiger partial charge on any atom is -0.493 e. The van der Waals surface area contributed by atoms with E-state index < -0.39 is 0 Å². The van der Waals surface area contributed by atoms with Crippen LogP contribution in [0.15, 0.2) is 22.7 Å². The third kappa shape index (κ3) is 2.94. The van der Waals surface area contributed by atoms with Gasteiger partial charge in [-0.3, -0.25) is 0 Å². The SMILES string of the molecule is COc1ccc(-c2noc(NC3CCCC3)n2)cc1OC. The Morgan fingerprint density at radius 2 is 1.90 bits per heavy atom. The summed E-state index contributed by atoms with van der Waals surface area (Å²) in [7, 11) is 3.21. The molecule has 6 heteroatoms. The van der Waals surface area contributed by atoms with Gasteiger partial charge < -0.3 is 19.3 Å². The van der Waals surface area contributed by atoms with Crippen LogP contribution < -0.4 is 14.8 Å². The summed E-state index contributed by atoms with van der Waals surface area (Å²) in [6, 6.07) is 6.47. The minimum absolute atomic E-state index is 0.448. The van der Waals surface area contributed by atoms with Crippen molar-refractivity contribution >= 4 is 6.01 Å². The molecule has 1 aliphatic carbocycles. The molecule has 0 saturated heterocycles. The Hall–Kier alpha value is -2.24. The summed E-state index contributed by atoms with van der Waals surface area (Å²) in [6.45, 7) is 0. The van der Waals surface area contributed by atoms with Gasteiger partial charge >= 0.3 is 6.01 Å². The Bertz CT molecular complexity index is 606. The largest absolute Gasteiger partial charge is 0.493 e. The molecule has 0 aliphatic heterocycles. The molecular weight excluding hydrogens is 270 g/mol. The van der Waals surface area contributed by atoms with Gasteiger partial charge in [0.15, 0.2) is 11.5 Å². The number of nitrogens with zero attached hydrogens (tertiary/aromatic N) is 2. The van der Waals surface area contributed by atoms with Gasteiger partial charge in [-0.05, 0) is 31.0 Å². The molecule has 112 valence electrons. The average Bonchev–Trinajstić information content (AvgIpc) is 3.19. The molecule has 1 heterocycles. The summed E-state index contributed by atoms with van der Waals surface area (Å²) in [5, 5.41) is 7.30. The first kappa shape index (κ1) is 13.7. The van der Waals surface area contributed by atoms with E-state index in [2.05, 4.69) is 15.5 Å². The number of ether oxygens (including phenoxy) is 2. The highest BCUT2D eigenvalue weighted by atomic mass is 16.5. The van der Waals surface area contributed by atoms with Crippen molar-refractivity contribution in [3.8, 4) is 22.9 Å². The molecule has 6 nitrogen and oxygen atoms in total. The van der Waals surface area contributed by atoms with Crippen LogP contribution in [-0.4, -0.2) is 30.4 Å². The van der Waals surface area contributed by atoms with Crippen molar-refractivity contribution in [3.63, 3.8) is 0 Å². The van der Waals surface area contributed by atoms with E-state index in [1.807, 2.05) is 18.2 Å². The topological polar surface area (TPSA) is 69.4 Å². The van der Waals surface area contributed by atoms with Crippen LogP contribution >= 0.6 is 0 Å². The van der Waals surface area contributed by atoms with E-state index in [-0.39, 0.29) is 0 Å². The molecule has 21 heavy (non-hydrogen) atoms. The van der Waals surface area contributed by atoms with Gasteiger partial charge in [0, 0.05) is 11.6 Å². The first-order valence-electron chi connectivity index (χ1n) is 7.13. The van der Waals surface area contributed by atoms with E-state index in [1.165, 1.54) is 12.8 Å². The molecule has 1 aliphatic rings. The summed E-state index contributed by atoms with van der Waals surface area (Å²) >= 11 is 0. The van der Waals surface area contributed by atoms with Gasteiger partial charge in [0.1, 0.15) is 0 Å². The summed E-state index contributed by atoms with van der Waals surface area (Å²) in [6.07, 6.45) is 4.84. The molecule has 1 fully saturated rings. The summed E-state index contributed by atoms with van der Waals surface area (Å²) in [4.78, 5) is 4.39.